The molecular weight excluding hydrogens is 174 g/mol. The van der Waals surface area contributed by atoms with Crippen LogP contribution in [-0.2, 0) is 4.79 Å². The first-order valence-corrected chi connectivity index (χ1v) is 4.82. The molecule has 0 amide bonds. The molecule has 0 atom stereocenters. The van der Waals surface area contributed by atoms with Crippen molar-refractivity contribution in [1.29, 1.82) is 0 Å². The third-order valence-corrected chi connectivity index (χ3v) is 3.91. The third kappa shape index (κ3) is 0.931. The van der Waals surface area contributed by atoms with E-state index in [9.17, 15) is 13.6 Å². The van der Waals surface area contributed by atoms with Crippen LogP contribution < -0.4 is 0 Å². The Hall–Kier alpha value is -0.470. The van der Waals surface area contributed by atoms with Gasteiger partial charge in [-0.05, 0) is 23.7 Å². The van der Waals surface area contributed by atoms with Gasteiger partial charge in [0.25, 0.3) is 0 Å². The van der Waals surface area contributed by atoms with E-state index < -0.39 is 5.92 Å². The molecule has 0 saturated heterocycles. The Bertz CT molecular complexity index is 269. The van der Waals surface area contributed by atoms with E-state index in [-0.39, 0.29) is 23.7 Å². The summed E-state index contributed by atoms with van der Waals surface area (Å²) in [5.74, 6) is -2.07. The first-order chi connectivity index (χ1) is 5.93. The van der Waals surface area contributed by atoms with Crippen molar-refractivity contribution in [3.63, 3.8) is 0 Å². The largest absolute Gasteiger partial charge is 0.300 e. The zero-order chi connectivity index (χ0) is 9.32. The molecule has 0 aromatic carbocycles. The molecule has 0 bridgehead atoms. The summed E-state index contributed by atoms with van der Waals surface area (Å²) < 4.78 is 25.3. The number of halogens is 2. The first-order valence-electron chi connectivity index (χ1n) is 4.82. The fraction of sp³-hybridized carbons (Fsp3) is 0.900. The highest BCUT2D eigenvalue weighted by Gasteiger charge is 2.68. The van der Waals surface area contributed by atoms with E-state index in [1.165, 1.54) is 0 Å². The van der Waals surface area contributed by atoms with E-state index in [2.05, 4.69) is 0 Å². The topological polar surface area (TPSA) is 17.1 Å². The van der Waals surface area contributed by atoms with Gasteiger partial charge in [0.15, 0.2) is 0 Å². The van der Waals surface area contributed by atoms with E-state index in [1.54, 1.807) is 0 Å². The summed E-state index contributed by atoms with van der Waals surface area (Å²) in [5.41, 5.74) is 0.137. The second-order valence-corrected chi connectivity index (χ2v) is 5.46. The molecule has 0 N–H and O–H groups in total. The zero-order valence-electron chi connectivity index (χ0n) is 7.41. The predicted molar refractivity (Wildman–Crippen MR) is 42.5 cm³/mol. The van der Waals surface area contributed by atoms with Crippen molar-refractivity contribution in [3.8, 4) is 0 Å². The Morgan fingerprint density at radius 3 is 1.85 bits per heavy atom. The summed E-state index contributed by atoms with van der Waals surface area (Å²) in [7, 11) is 0. The number of hydrogen-bond donors (Lipinski definition) is 0. The Labute approximate surface area is 75.5 Å². The van der Waals surface area contributed by atoms with Crippen LogP contribution in [0.5, 0.6) is 0 Å². The molecule has 3 aliphatic rings. The minimum atomic E-state index is -2.39. The standard InChI is InChI=1S/C10H12F2O/c11-10(12)5-9(6-10)3-8(4-9)1-7(13)2-8/h1-6H2. The molecular formula is C10H12F2O. The van der Waals surface area contributed by atoms with E-state index in [0.29, 0.717) is 18.6 Å². The minimum absolute atomic E-state index is 0.0514. The second kappa shape index (κ2) is 1.82. The van der Waals surface area contributed by atoms with Gasteiger partial charge in [0.1, 0.15) is 5.78 Å². The Balaban J connectivity index is 1.62. The molecule has 72 valence electrons. The SMILES string of the molecule is O=C1CC2(C1)CC1(CC(F)(F)C1)C2. The van der Waals surface area contributed by atoms with Gasteiger partial charge in [-0.2, -0.15) is 0 Å². The summed E-state index contributed by atoms with van der Waals surface area (Å²) in [6.45, 7) is 0. The van der Waals surface area contributed by atoms with Gasteiger partial charge in [-0.15, -0.1) is 0 Å². The fourth-order valence-corrected chi connectivity index (χ4v) is 3.87. The van der Waals surface area contributed by atoms with Gasteiger partial charge in [-0.25, -0.2) is 8.78 Å². The lowest BCUT2D eigenvalue weighted by atomic mass is 9.39. The quantitative estimate of drug-likeness (QED) is 0.568. The van der Waals surface area contributed by atoms with Crippen molar-refractivity contribution < 1.29 is 13.6 Å². The van der Waals surface area contributed by atoms with Crippen molar-refractivity contribution >= 4 is 5.78 Å². The monoisotopic (exact) mass is 186 g/mol. The number of Topliss-reactive ketones (excluding diaryl/α,β-unsaturated/α-hetero) is 1. The van der Waals surface area contributed by atoms with E-state index >= 15 is 0 Å². The van der Waals surface area contributed by atoms with Gasteiger partial charge in [0.2, 0.25) is 5.92 Å². The second-order valence-electron chi connectivity index (χ2n) is 5.46. The van der Waals surface area contributed by atoms with Crippen LogP contribution in [0.1, 0.15) is 38.5 Å². The van der Waals surface area contributed by atoms with Gasteiger partial charge in [0, 0.05) is 25.7 Å². The lowest BCUT2D eigenvalue weighted by Crippen LogP contribution is -2.62. The number of ketones is 1. The normalized spacial score (nSPS) is 36.6. The maximum Gasteiger partial charge on any atom is 0.249 e. The predicted octanol–water partition coefficient (Wildman–Crippen LogP) is 2.55. The van der Waals surface area contributed by atoms with Crippen molar-refractivity contribution in [2.75, 3.05) is 0 Å². The Morgan fingerprint density at radius 2 is 1.46 bits per heavy atom. The molecule has 3 heteroatoms. The van der Waals surface area contributed by atoms with E-state index in [0.717, 1.165) is 12.8 Å². The highest BCUT2D eigenvalue weighted by molar-refractivity contribution is 5.86. The number of alkyl halides is 2. The molecule has 3 fully saturated rings. The van der Waals surface area contributed by atoms with Crippen LogP contribution in [0.4, 0.5) is 8.78 Å². The van der Waals surface area contributed by atoms with E-state index in [1.807, 2.05) is 0 Å². The summed E-state index contributed by atoms with van der Waals surface area (Å²) in [6, 6.07) is 0. The fourth-order valence-electron chi connectivity index (χ4n) is 3.87. The van der Waals surface area contributed by atoms with Crippen molar-refractivity contribution in [2.45, 2.75) is 44.4 Å². The van der Waals surface area contributed by atoms with Crippen LogP contribution in [0.2, 0.25) is 0 Å². The molecule has 13 heavy (non-hydrogen) atoms. The summed E-state index contributed by atoms with van der Waals surface area (Å²) in [4.78, 5) is 10.8. The van der Waals surface area contributed by atoms with E-state index in [4.69, 9.17) is 0 Å². The number of carbonyl (C=O) groups excluding carboxylic acids is 1. The van der Waals surface area contributed by atoms with Crippen LogP contribution >= 0.6 is 0 Å². The van der Waals surface area contributed by atoms with Crippen molar-refractivity contribution in [3.05, 3.63) is 0 Å². The molecule has 0 aromatic heterocycles. The Morgan fingerprint density at radius 1 is 0.923 bits per heavy atom. The molecule has 0 unspecified atom stereocenters. The molecule has 0 aromatic rings. The van der Waals surface area contributed by atoms with Crippen molar-refractivity contribution in [1.82, 2.24) is 0 Å². The number of carbonyl (C=O) groups is 1. The van der Waals surface area contributed by atoms with Crippen LogP contribution in [-0.4, -0.2) is 11.7 Å². The molecule has 3 rings (SSSR count). The number of hydrogen-bond acceptors (Lipinski definition) is 1. The van der Waals surface area contributed by atoms with Crippen LogP contribution in [0.15, 0.2) is 0 Å². The first kappa shape index (κ1) is 7.89. The lowest BCUT2D eigenvalue weighted by molar-refractivity contribution is -0.241. The summed E-state index contributed by atoms with van der Waals surface area (Å²) >= 11 is 0. The molecule has 0 radical (unpaired) electrons. The third-order valence-electron chi connectivity index (χ3n) is 3.91. The van der Waals surface area contributed by atoms with Gasteiger partial charge < -0.3 is 0 Å². The Kier molecular flexibility index (Phi) is 1.10. The van der Waals surface area contributed by atoms with Crippen molar-refractivity contribution in [2.24, 2.45) is 10.8 Å². The summed E-state index contributed by atoms with van der Waals surface area (Å²) in [5, 5.41) is 0. The maximum atomic E-state index is 12.6. The van der Waals surface area contributed by atoms with Gasteiger partial charge in [-0.1, -0.05) is 0 Å². The van der Waals surface area contributed by atoms with Crippen LogP contribution in [0, 0.1) is 10.8 Å². The smallest absolute Gasteiger partial charge is 0.249 e. The van der Waals surface area contributed by atoms with Gasteiger partial charge in [-0.3, -0.25) is 4.79 Å². The van der Waals surface area contributed by atoms with Crippen LogP contribution in [0.25, 0.3) is 0 Å². The van der Waals surface area contributed by atoms with Gasteiger partial charge in [0.05, 0.1) is 0 Å². The highest BCUT2D eigenvalue weighted by atomic mass is 19.3. The molecule has 3 aliphatic carbocycles. The highest BCUT2D eigenvalue weighted by Crippen LogP contribution is 2.73. The minimum Gasteiger partial charge on any atom is -0.300 e. The average molecular weight is 186 g/mol. The maximum absolute atomic E-state index is 12.6. The molecule has 0 heterocycles. The average Bonchev–Trinajstić information content (AvgIpc) is 1.75. The lowest BCUT2D eigenvalue weighted by Gasteiger charge is -2.66. The number of rotatable bonds is 0. The van der Waals surface area contributed by atoms with Gasteiger partial charge >= 0.3 is 0 Å². The van der Waals surface area contributed by atoms with Crippen LogP contribution in [0.3, 0.4) is 0 Å². The molecule has 0 aliphatic heterocycles. The summed E-state index contributed by atoms with van der Waals surface area (Å²) in [6.07, 6.45) is 3.27. The molecule has 1 nitrogen and oxygen atoms in total. The zero-order valence-corrected chi connectivity index (χ0v) is 7.41. The molecule has 3 saturated carbocycles. The molecule has 2 spiro atoms.